The Bertz CT molecular complexity index is 165. The molecule has 1 fully saturated rings. The van der Waals surface area contributed by atoms with Crippen molar-refractivity contribution in [1.82, 2.24) is 0 Å². The van der Waals surface area contributed by atoms with Crippen LogP contribution in [0.4, 0.5) is 0 Å². The van der Waals surface area contributed by atoms with Crippen LogP contribution in [0.1, 0.15) is 33.1 Å². The molecule has 0 amide bonds. The highest BCUT2D eigenvalue weighted by molar-refractivity contribution is 7.99. The lowest BCUT2D eigenvalue weighted by molar-refractivity contribution is 0.143. The first-order chi connectivity index (χ1) is 6.11. The molecule has 3 heteroatoms. The number of thioether (sulfide) groups is 1. The molecule has 0 aromatic heterocycles. The van der Waals surface area contributed by atoms with Crippen LogP contribution in [0.3, 0.4) is 0 Å². The summed E-state index contributed by atoms with van der Waals surface area (Å²) in [5.41, 5.74) is 5.79. The minimum absolute atomic E-state index is 0.139. The van der Waals surface area contributed by atoms with Gasteiger partial charge in [-0.3, -0.25) is 0 Å². The highest BCUT2D eigenvalue weighted by Gasteiger charge is 2.35. The zero-order valence-electron chi connectivity index (χ0n) is 8.62. The van der Waals surface area contributed by atoms with Crippen LogP contribution in [0.25, 0.3) is 0 Å². The van der Waals surface area contributed by atoms with Crippen molar-refractivity contribution >= 4 is 11.8 Å². The smallest absolute Gasteiger partial charge is 0.0611 e. The molecule has 0 heterocycles. The monoisotopic (exact) mass is 203 g/mol. The lowest BCUT2D eigenvalue weighted by Gasteiger charge is -2.40. The molecule has 0 bridgehead atoms. The summed E-state index contributed by atoms with van der Waals surface area (Å²) in [6.07, 6.45) is 3.11. The van der Waals surface area contributed by atoms with E-state index in [0.717, 1.165) is 30.9 Å². The highest BCUT2D eigenvalue weighted by Crippen LogP contribution is 2.37. The van der Waals surface area contributed by atoms with Crippen molar-refractivity contribution in [2.75, 3.05) is 12.4 Å². The van der Waals surface area contributed by atoms with Gasteiger partial charge in [0.1, 0.15) is 0 Å². The maximum atomic E-state index is 9.19. The fourth-order valence-electron chi connectivity index (χ4n) is 1.99. The minimum Gasteiger partial charge on any atom is -0.394 e. The van der Waals surface area contributed by atoms with Crippen LogP contribution in [0, 0.1) is 5.92 Å². The molecule has 0 aromatic carbocycles. The molecule has 1 rings (SSSR count). The molecule has 0 aromatic rings. The molecule has 13 heavy (non-hydrogen) atoms. The van der Waals surface area contributed by atoms with E-state index >= 15 is 0 Å². The third kappa shape index (κ3) is 2.86. The van der Waals surface area contributed by atoms with Gasteiger partial charge in [-0.15, -0.1) is 0 Å². The average Bonchev–Trinajstić information content (AvgIpc) is 2.12. The molecule has 0 radical (unpaired) electrons. The Kier molecular flexibility index (Phi) is 4.07. The average molecular weight is 203 g/mol. The van der Waals surface area contributed by atoms with Gasteiger partial charge < -0.3 is 10.8 Å². The van der Waals surface area contributed by atoms with Crippen LogP contribution in [0.2, 0.25) is 0 Å². The molecule has 1 saturated carbocycles. The highest BCUT2D eigenvalue weighted by atomic mass is 32.2. The van der Waals surface area contributed by atoms with Crippen molar-refractivity contribution in [3.63, 3.8) is 0 Å². The fraction of sp³-hybridized carbons (Fsp3) is 1.00. The number of rotatable bonds is 3. The fourth-order valence-corrected chi connectivity index (χ4v) is 3.33. The van der Waals surface area contributed by atoms with Crippen LogP contribution in [-0.2, 0) is 0 Å². The predicted octanol–water partition coefficient (Wildman–Crippen LogP) is 1.62. The van der Waals surface area contributed by atoms with Crippen LogP contribution in [0.5, 0.6) is 0 Å². The molecule has 3 N–H and O–H groups in total. The van der Waals surface area contributed by atoms with Gasteiger partial charge in [0, 0.05) is 10.8 Å². The largest absolute Gasteiger partial charge is 0.394 e. The van der Waals surface area contributed by atoms with Crippen LogP contribution in [0.15, 0.2) is 0 Å². The van der Waals surface area contributed by atoms with Crippen molar-refractivity contribution in [3.8, 4) is 0 Å². The second kappa shape index (κ2) is 4.67. The molecule has 0 spiro atoms. The molecule has 3 atom stereocenters. The first kappa shape index (κ1) is 11.3. The van der Waals surface area contributed by atoms with E-state index in [4.69, 9.17) is 5.73 Å². The molecule has 1 aliphatic carbocycles. The summed E-state index contributed by atoms with van der Waals surface area (Å²) in [6.45, 7) is 4.62. The second-order valence-electron chi connectivity index (χ2n) is 4.23. The number of hydrogen-bond donors (Lipinski definition) is 2. The lowest BCUT2D eigenvalue weighted by atomic mass is 9.78. The van der Waals surface area contributed by atoms with Crippen molar-refractivity contribution in [1.29, 1.82) is 0 Å². The molecule has 2 nitrogen and oxygen atoms in total. The summed E-state index contributed by atoms with van der Waals surface area (Å²) < 4.78 is 0. The minimum atomic E-state index is -0.292. The Morgan fingerprint density at radius 3 is 2.85 bits per heavy atom. The number of hydrogen-bond acceptors (Lipinski definition) is 3. The maximum absolute atomic E-state index is 9.19. The second-order valence-corrected chi connectivity index (χ2v) is 5.75. The third-order valence-electron chi connectivity index (χ3n) is 3.04. The van der Waals surface area contributed by atoms with Gasteiger partial charge >= 0.3 is 0 Å². The molecule has 1 aliphatic rings. The topological polar surface area (TPSA) is 46.2 Å². The van der Waals surface area contributed by atoms with Crippen molar-refractivity contribution in [2.24, 2.45) is 11.7 Å². The Morgan fingerprint density at radius 2 is 2.31 bits per heavy atom. The van der Waals surface area contributed by atoms with Gasteiger partial charge in [0.05, 0.1) is 6.61 Å². The summed E-state index contributed by atoms with van der Waals surface area (Å²) in [6, 6.07) is 0. The van der Waals surface area contributed by atoms with E-state index in [0.29, 0.717) is 5.25 Å². The summed E-state index contributed by atoms with van der Waals surface area (Å²) in [5.74, 6) is 1.91. The summed E-state index contributed by atoms with van der Waals surface area (Å²) in [5, 5.41) is 9.84. The van der Waals surface area contributed by atoms with Gasteiger partial charge in [-0.1, -0.05) is 13.8 Å². The van der Waals surface area contributed by atoms with E-state index in [-0.39, 0.29) is 12.1 Å². The van der Waals surface area contributed by atoms with Crippen molar-refractivity contribution in [3.05, 3.63) is 0 Å². The van der Waals surface area contributed by atoms with E-state index < -0.39 is 0 Å². The number of aliphatic hydroxyl groups is 1. The van der Waals surface area contributed by atoms with Crippen molar-refractivity contribution in [2.45, 2.75) is 43.9 Å². The van der Waals surface area contributed by atoms with E-state index in [1.165, 1.54) is 0 Å². The Balaban J connectivity index is 2.52. The molecular formula is C10H21NOS. The zero-order valence-corrected chi connectivity index (χ0v) is 9.44. The van der Waals surface area contributed by atoms with Crippen LogP contribution in [-0.4, -0.2) is 28.3 Å². The van der Waals surface area contributed by atoms with Gasteiger partial charge in [0.25, 0.3) is 0 Å². The number of nitrogens with two attached hydrogens (primary N) is 1. The van der Waals surface area contributed by atoms with Crippen LogP contribution >= 0.6 is 11.8 Å². The normalized spacial score (nSPS) is 40.6. The quantitative estimate of drug-likeness (QED) is 0.732. The van der Waals surface area contributed by atoms with E-state index in [2.05, 4.69) is 13.8 Å². The van der Waals surface area contributed by atoms with Gasteiger partial charge in [0.2, 0.25) is 0 Å². The summed E-state index contributed by atoms with van der Waals surface area (Å²) >= 11 is 1.99. The SMILES string of the molecule is CCSC1CC(N)(CO)CCC1C. The zero-order chi connectivity index (χ0) is 9.90. The molecular weight excluding hydrogens is 182 g/mol. The van der Waals surface area contributed by atoms with Gasteiger partial charge in [-0.2, -0.15) is 11.8 Å². The Morgan fingerprint density at radius 1 is 1.62 bits per heavy atom. The Labute approximate surface area is 85.3 Å². The molecule has 0 aliphatic heterocycles. The van der Waals surface area contributed by atoms with Crippen LogP contribution < -0.4 is 5.73 Å². The first-order valence-electron chi connectivity index (χ1n) is 5.12. The Hall–Kier alpha value is 0.270. The van der Waals surface area contributed by atoms with Gasteiger partial charge in [-0.25, -0.2) is 0 Å². The van der Waals surface area contributed by atoms with E-state index in [9.17, 15) is 5.11 Å². The standard InChI is InChI=1S/C10H21NOS/c1-3-13-9-6-10(11,7-12)5-4-8(9)2/h8-9,12H,3-7,11H2,1-2H3. The predicted molar refractivity (Wildman–Crippen MR) is 58.9 cm³/mol. The van der Waals surface area contributed by atoms with Gasteiger partial charge in [0.15, 0.2) is 0 Å². The summed E-state index contributed by atoms with van der Waals surface area (Å²) in [7, 11) is 0. The maximum Gasteiger partial charge on any atom is 0.0611 e. The summed E-state index contributed by atoms with van der Waals surface area (Å²) in [4.78, 5) is 0. The molecule has 3 unspecified atom stereocenters. The lowest BCUT2D eigenvalue weighted by Crippen LogP contribution is -2.50. The van der Waals surface area contributed by atoms with Gasteiger partial charge in [-0.05, 0) is 30.9 Å². The van der Waals surface area contributed by atoms with E-state index in [1.54, 1.807) is 0 Å². The molecule has 0 saturated heterocycles. The third-order valence-corrected chi connectivity index (χ3v) is 4.43. The van der Waals surface area contributed by atoms with Crippen molar-refractivity contribution < 1.29 is 5.11 Å². The molecule has 78 valence electrons. The number of aliphatic hydroxyl groups excluding tert-OH is 1. The first-order valence-corrected chi connectivity index (χ1v) is 6.17. The van der Waals surface area contributed by atoms with E-state index in [1.807, 2.05) is 11.8 Å².